The van der Waals surface area contributed by atoms with E-state index in [0.29, 0.717) is 19.3 Å². The van der Waals surface area contributed by atoms with Gasteiger partial charge < -0.3 is 14.2 Å². The van der Waals surface area contributed by atoms with Crippen LogP contribution in [0.2, 0.25) is 0 Å². The topological polar surface area (TPSA) is 78.9 Å². The monoisotopic (exact) mass is 1050 g/mol. The summed E-state index contributed by atoms with van der Waals surface area (Å²) in [6, 6.07) is 0. The Morgan fingerprint density at radius 2 is 0.480 bits per heavy atom. The van der Waals surface area contributed by atoms with E-state index < -0.39 is 6.10 Å². The number of carbonyl (C=O) groups excluding carboxylic acids is 3. The van der Waals surface area contributed by atoms with Gasteiger partial charge >= 0.3 is 17.9 Å². The first-order chi connectivity index (χ1) is 37.0. The first-order valence-electron chi connectivity index (χ1n) is 32.8. The molecule has 0 saturated heterocycles. The van der Waals surface area contributed by atoms with Crippen LogP contribution in [0.3, 0.4) is 0 Å². The van der Waals surface area contributed by atoms with Crippen molar-refractivity contribution in [3.63, 3.8) is 0 Å². The maximum Gasteiger partial charge on any atom is 0.306 e. The van der Waals surface area contributed by atoms with Gasteiger partial charge in [-0.1, -0.05) is 293 Å². The van der Waals surface area contributed by atoms with Crippen LogP contribution in [0.1, 0.15) is 342 Å². The van der Waals surface area contributed by atoms with Gasteiger partial charge in [0.1, 0.15) is 13.2 Å². The molecule has 0 aliphatic rings. The largest absolute Gasteiger partial charge is 0.462 e. The highest BCUT2D eigenvalue weighted by Gasteiger charge is 2.19. The third-order valence-electron chi connectivity index (χ3n) is 14.5. The molecule has 436 valence electrons. The van der Waals surface area contributed by atoms with E-state index in [-0.39, 0.29) is 31.1 Å². The second kappa shape index (κ2) is 63.6. The predicted molar refractivity (Wildman–Crippen MR) is 325 cm³/mol. The Hall–Kier alpha value is -2.89. The zero-order chi connectivity index (χ0) is 54.3. The van der Waals surface area contributed by atoms with Crippen molar-refractivity contribution in [1.29, 1.82) is 0 Å². The molecule has 0 aliphatic carbocycles. The Labute approximate surface area is 466 Å². The number of rotatable bonds is 60. The van der Waals surface area contributed by atoms with Gasteiger partial charge in [0.2, 0.25) is 0 Å². The molecular weight excluding hydrogens is 925 g/mol. The molecule has 6 heteroatoms. The minimum Gasteiger partial charge on any atom is -0.462 e. The average Bonchev–Trinajstić information content (AvgIpc) is 3.41. The Bertz CT molecular complexity index is 1340. The molecule has 0 radical (unpaired) electrons. The minimum absolute atomic E-state index is 0.0776. The number of carbonyl (C=O) groups is 3. The van der Waals surface area contributed by atoms with Crippen molar-refractivity contribution in [3.8, 4) is 0 Å². The van der Waals surface area contributed by atoms with Gasteiger partial charge in [-0.25, -0.2) is 0 Å². The molecule has 0 heterocycles. The van der Waals surface area contributed by atoms with Crippen LogP contribution in [0.15, 0.2) is 60.8 Å². The number of unbranched alkanes of at least 4 members (excludes halogenated alkanes) is 39. The molecule has 0 amide bonds. The Morgan fingerprint density at radius 3 is 0.773 bits per heavy atom. The predicted octanol–water partition coefficient (Wildman–Crippen LogP) is 22.3. The van der Waals surface area contributed by atoms with Crippen molar-refractivity contribution >= 4 is 17.9 Å². The normalized spacial score (nSPS) is 12.4. The molecule has 0 spiro atoms. The van der Waals surface area contributed by atoms with E-state index in [1.807, 2.05) is 0 Å². The first-order valence-corrected chi connectivity index (χ1v) is 32.8. The summed E-state index contributed by atoms with van der Waals surface area (Å²) in [4.78, 5) is 38.4. The molecule has 0 aliphatic heterocycles. The van der Waals surface area contributed by atoms with Crippen molar-refractivity contribution in [3.05, 3.63) is 60.8 Å². The van der Waals surface area contributed by atoms with Gasteiger partial charge in [-0.2, -0.15) is 0 Å². The molecule has 0 N–H and O–H groups in total. The molecule has 0 unspecified atom stereocenters. The summed E-state index contributed by atoms with van der Waals surface area (Å²) in [5.74, 6) is -0.874. The van der Waals surface area contributed by atoms with Crippen molar-refractivity contribution in [2.24, 2.45) is 0 Å². The van der Waals surface area contributed by atoms with Gasteiger partial charge in [0.15, 0.2) is 6.10 Å². The van der Waals surface area contributed by atoms with Crippen molar-refractivity contribution in [2.45, 2.75) is 348 Å². The van der Waals surface area contributed by atoms with Gasteiger partial charge in [0.25, 0.3) is 0 Å². The zero-order valence-electron chi connectivity index (χ0n) is 50.1. The summed E-state index contributed by atoms with van der Waals surface area (Å²) in [6.07, 6.45) is 80.7. The van der Waals surface area contributed by atoms with Crippen LogP contribution < -0.4 is 0 Å². The summed E-state index contributed by atoms with van der Waals surface area (Å²) in [5.41, 5.74) is 0. The highest BCUT2D eigenvalue weighted by molar-refractivity contribution is 5.71. The minimum atomic E-state index is -0.783. The molecule has 0 aromatic carbocycles. The fourth-order valence-electron chi connectivity index (χ4n) is 9.54. The van der Waals surface area contributed by atoms with E-state index in [1.165, 1.54) is 212 Å². The summed E-state index contributed by atoms with van der Waals surface area (Å²) < 4.78 is 17.0. The molecule has 0 aromatic rings. The lowest BCUT2D eigenvalue weighted by Gasteiger charge is -2.18. The van der Waals surface area contributed by atoms with Crippen molar-refractivity contribution in [1.82, 2.24) is 0 Å². The quantitative estimate of drug-likeness (QED) is 0.0261. The standard InChI is InChI=1S/C69H124O6/c1-4-7-10-13-16-19-22-25-28-31-34-37-40-43-46-49-52-55-58-61-67(70)73-64-66(75-69(72)63-60-57-54-51-48-45-42-39-36-33-30-27-24-21-18-15-12-9-6-3)65-74-68(71)62-59-56-53-50-47-44-41-38-35-32-29-26-23-20-17-14-11-8-5-2/h16,18-19,21,25,27-28,30,36,39,66H,4-15,17,20,22-24,26,29,31-35,37-38,40-65H2,1-3H3/b19-16-,21-18-,28-25-,30-27-,39-36-/t66-/m0/s1. The van der Waals surface area contributed by atoms with E-state index >= 15 is 0 Å². The summed E-state index contributed by atoms with van der Waals surface area (Å²) >= 11 is 0. The molecule has 0 fully saturated rings. The number of hydrogen-bond donors (Lipinski definition) is 0. The number of ether oxygens (including phenoxy) is 3. The van der Waals surface area contributed by atoms with Gasteiger partial charge in [0, 0.05) is 19.3 Å². The van der Waals surface area contributed by atoms with Crippen LogP contribution in [-0.2, 0) is 28.6 Å². The van der Waals surface area contributed by atoms with E-state index in [0.717, 1.165) is 89.9 Å². The summed E-state index contributed by atoms with van der Waals surface area (Å²) in [7, 11) is 0. The van der Waals surface area contributed by atoms with Crippen LogP contribution in [0.5, 0.6) is 0 Å². The Morgan fingerprint density at radius 1 is 0.267 bits per heavy atom. The Balaban J connectivity index is 4.38. The third-order valence-corrected chi connectivity index (χ3v) is 14.5. The number of hydrogen-bond acceptors (Lipinski definition) is 6. The summed E-state index contributed by atoms with van der Waals surface area (Å²) in [5, 5.41) is 0. The van der Waals surface area contributed by atoms with Gasteiger partial charge in [0.05, 0.1) is 0 Å². The maximum absolute atomic E-state index is 12.9. The van der Waals surface area contributed by atoms with Crippen LogP contribution >= 0.6 is 0 Å². The van der Waals surface area contributed by atoms with E-state index in [9.17, 15) is 14.4 Å². The van der Waals surface area contributed by atoms with E-state index in [4.69, 9.17) is 14.2 Å². The van der Waals surface area contributed by atoms with Gasteiger partial charge in [-0.05, 0) is 89.9 Å². The van der Waals surface area contributed by atoms with E-state index in [1.54, 1.807) is 0 Å². The third kappa shape index (κ3) is 61.8. The highest BCUT2D eigenvalue weighted by Crippen LogP contribution is 2.17. The summed E-state index contributed by atoms with van der Waals surface area (Å²) in [6.45, 7) is 6.63. The molecule has 75 heavy (non-hydrogen) atoms. The molecule has 0 bridgehead atoms. The van der Waals surface area contributed by atoms with Gasteiger partial charge in [-0.3, -0.25) is 14.4 Å². The molecule has 0 rings (SSSR count). The van der Waals surface area contributed by atoms with Crippen molar-refractivity contribution < 1.29 is 28.6 Å². The number of allylic oxidation sites excluding steroid dienone is 10. The fraction of sp³-hybridized carbons (Fsp3) is 0.812. The lowest BCUT2D eigenvalue weighted by atomic mass is 10.0. The molecule has 0 saturated carbocycles. The highest BCUT2D eigenvalue weighted by atomic mass is 16.6. The van der Waals surface area contributed by atoms with Gasteiger partial charge in [-0.15, -0.1) is 0 Å². The van der Waals surface area contributed by atoms with Crippen LogP contribution in [0, 0.1) is 0 Å². The van der Waals surface area contributed by atoms with E-state index in [2.05, 4.69) is 81.5 Å². The molecule has 1 atom stereocenters. The lowest BCUT2D eigenvalue weighted by molar-refractivity contribution is -0.167. The maximum atomic E-state index is 12.9. The smallest absolute Gasteiger partial charge is 0.306 e. The molecular formula is C69H124O6. The molecule has 0 aromatic heterocycles. The SMILES string of the molecule is CCCCC/C=C\C/C=C\C/C=C\CCCCCCCCC(=O)O[C@@H](COC(=O)CCCCCCCCCCC/C=C\C/C=C\CCCCC)COC(=O)CCCCCCCCCCCCCCCCCCCCC. The second-order valence-electron chi connectivity index (χ2n) is 22.0. The average molecular weight is 1050 g/mol. The van der Waals surface area contributed by atoms with Crippen LogP contribution in [0.4, 0.5) is 0 Å². The second-order valence-corrected chi connectivity index (χ2v) is 22.0. The van der Waals surface area contributed by atoms with Crippen molar-refractivity contribution in [2.75, 3.05) is 13.2 Å². The number of esters is 3. The first kappa shape index (κ1) is 72.1. The Kier molecular flexibility index (Phi) is 61.2. The van der Waals surface area contributed by atoms with Crippen LogP contribution in [0.25, 0.3) is 0 Å². The fourth-order valence-corrected chi connectivity index (χ4v) is 9.54. The lowest BCUT2D eigenvalue weighted by Crippen LogP contribution is -2.30. The molecule has 6 nitrogen and oxygen atoms in total. The van der Waals surface area contributed by atoms with Crippen LogP contribution in [-0.4, -0.2) is 37.2 Å². The zero-order valence-corrected chi connectivity index (χ0v) is 50.1.